The predicted molar refractivity (Wildman–Crippen MR) is 84.4 cm³/mol. The molecule has 1 aliphatic heterocycles. The number of carbonyl (C=O) groups is 2. The van der Waals surface area contributed by atoms with Crippen molar-refractivity contribution in [2.45, 2.75) is 12.6 Å². The standard InChI is InChI=1S/C16H11F2N3O5/c17-11-2-1-3-12(18)13(11)19-15(22)14-10-6-9(21(25)26)5-4-8(10)7-20(14)16(23)24/h1-6,14H,7H2,(H,19,22)(H,23,24). The van der Waals surface area contributed by atoms with Crippen LogP contribution in [0.3, 0.4) is 0 Å². The highest BCUT2D eigenvalue weighted by Crippen LogP contribution is 2.37. The third kappa shape index (κ3) is 2.92. The summed E-state index contributed by atoms with van der Waals surface area (Å²) in [4.78, 5) is 35.0. The van der Waals surface area contributed by atoms with Crippen molar-refractivity contribution in [2.75, 3.05) is 5.32 Å². The molecule has 26 heavy (non-hydrogen) atoms. The highest BCUT2D eigenvalue weighted by molar-refractivity contribution is 5.98. The Balaban J connectivity index is 2.01. The molecule has 0 aromatic heterocycles. The number of halogens is 2. The average molecular weight is 363 g/mol. The van der Waals surface area contributed by atoms with Gasteiger partial charge in [-0.2, -0.15) is 0 Å². The monoisotopic (exact) mass is 363 g/mol. The maximum Gasteiger partial charge on any atom is 0.408 e. The number of non-ortho nitro benzene ring substituents is 1. The number of rotatable bonds is 3. The number of amides is 2. The minimum Gasteiger partial charge on any atom is -0.465 e. The van der Waals surface area contributed by atoms with E-state index in [0.29, 0.717) is 5.56 Å². The molecule has 1 heterocycles. The van der Waals surface area contributed by atoms with Crippen LogP contribution in [0.15, 0.2) is 36.4 Å². The number of nitrogens with zero attached hydrogens (tertiary/aromatic N) is 2. The molecule has 0 radical (unpaired) electrons. The zero-order valence-corrected chi connectivity index (χ0v) is 13.0. The van der Waals surface area contributed by atoms with E-state index in [9.17, 15) is 33.6 Å². The van der Waals surface area contributed by atoms with Crippen LogP contribution in [-0.4, -0.2) is 26.9 Å². The van der Waals surface area contributed by atoms with Gasteiger partial charge in [0.25, 0.3) is 11.6 Å². The Morgan fingerprint density at radius 1 is 1.23 bits per heavy atom. The molecule has 0 saturated carbocycles. The van der Waals surface area contributed by atoms with Crippen LogP contribution in [0.2, 0.25) is 0 Å². The largest absolute Gasteiger partial charge is 0.465 e. The van der Waals surface area contributed by atoms with Gasteiger partial charge in [0, 0.05) is 12.1 Å². The first-order valence-electron chi connectivity index (χ1n) is 7.31. The Kier molecular flexibility index (Phi) is 4.24. The Morgan fingerprint density at radius 3 is 2.46 bits per heavy atom. The Labute approximate surface area is 144 Å². The number of nitro benzene ring substituents is 1. The van der Waals surface area contributed by atoms with Crippen LogP contribution in [-0.2, 0) is 11.3 Å². The van der Waals surface area contributed by atoms with E-state index in [2.05, 4.69) is 0 Å². The molecule has 0 fully saturated rings. The van der Waals surface area contributed by atoms with Gasteiger partial charge in [-0.25, -0.2) is 13.6 Å². The van der Waals surface area contributed by atoms with Gasteiger partial charge in [0.1, 0.15) is 23.4 Å². The van der Waals surface area contributed by atoms with E-state index in [-0.39, 0.29) is 17.8 Å². The van der Waals surface area contributed by atoms with Gasteiger partial charge in [-0.3, -0.25) is 19.8 Å². The Morgan fingerprint density at radius 2 is 1.88 bits per heavy atom. The summed E-state index contributed by atoms with van der Waals surface area (Å²) < 4.78 is 27.5. The number of hydrogen-bond acceptors (Lipinski definition) is 4. The van der Waals surface area contributed by atoms with E-state index >= 15 is 0 Å². The Hall–Kier alpha value is -3.56. The number of anilines is 1. The van der Waals surface area contributed by atoms with Crippen LogP contribution >= 0.6 is 0 Å². The van der Waals surface area contributed by atoms with E-state index < -0.39 is 40.3 Å². The lowest BCUT2D eigenvalue weighted by atomic mass is 10.0. The van der Waals surface area contributed by atoms with Crippen molar-refractivity contribution in [3.8, 4) is 0 Å². The zero-order valence-electron chi connectivity index (χ0n) is 13.0. The molecule has 0 bridgehead atoms. The second-order valence-corrected chi connectivity index (χ2v) is 5.54. The predicted octanol–water partition coefficient (Wildman–Crippen LogP) is 3.05. The summed E-state index contributed by atoms with van der Waals surface area (Å²) in [7, 11) is 0. The van der Waals surface area contributed by atoms with E-state index in [1.165, 1.54) is 12.1 Å². The Bertz CT molecular complexity index is 914. The summed E-state index contributed by atoms with van der Waals surface area (Å²) in [6.07, 6.45) is -1.45. The number of carbonyl (C=O) groups excluding carboxylic acids is 1. The maximum atomic E-state index is 13.7. The van der Waals surface area contributed by atoms with E-state index in [1.807, 2.05) is 5.32 Å². The number of carboxylic acid groups (broad SMARTS) is 1. The number of fused-ring (bicyclic) bond motifs is 1. The van der Waals surface area contributed by atoms with Gasteiger partial charge in [0.05, 0.1) is 11.5 Å². The van der Waals surface area contributed by atoms with Crippen LogP contribution < -0.4 is 5.32 Å². The fraction of sp³-hybridized carbons (Fsp3) is 0.125. The lowest BCUT2D eigenvalue weighted by molar-refractivity contribution is -0.384. The zero-order chi connectivity index (χ0) is 19.0. The summed E-state index contributed by atoms with van der Waals surface area (Å²) in [5.74, 6) is -3.08. The third-order valence-corrected chi connectivity index (χ3v) is 3.99. The van der Waals surface area contributed by atoms with Gasteiger partial charge in [-0.05, 0) is 23.3 Å². The lowest BCUT2D eigenvalue weighted by Gasteiger charge is -2.21. The molecule has 2 aromatic rings. The van der Waals surface area contributed by atoms with E-state index in [1.54, 1.807) is 0 Å². The molecule has 10 heteroatoms. The van der Waals surface area contributed by atoms with Gasteiger partial charge < -0.3 is 10.4 Å². The summed E-state index contributed by atoms with van der Waals surface area (Å²) in [5, 5.41) is 22.3. The molecule has 2 amide bonds. The van der Waals surface area contributed by atoms with Crippen LogP contribution in [0.25, 0.3) is 0 Å². The molecule has 2 N–H and O–H groups in total. The molecule has 1 atom stereocenters. The van der Waals surface area contributed by atoms with Gasteiger partial charge in [-0.15, -0.1) is 0 Å². The summed E-state index contributed by atoms with van der Waals surface area (Å²) in [6, 6.07) is 5.12. The third-order valence-electron chi connectivity index (χ3n) is 3.99. The van der Waals surface area contributed by atoms with Crippen LogP contribution in [0.1, 0.15) is 17.2 Å². The van der Waals surface area contributed by atoms with Crippen LogP contribution in [0.5, 0.6) is 0 Å². The topological polar surface area (TPSA) is 113 Å². The van der Waals surface area contributed by atoms with Gasteiger partial charge in [-0.1, -0.05) is 12.1 Å². The SMILES string of the molecule is O=C(Nc1c(F)cccc1F)C1c2cc([N+](=O)[O-])ccc2CN1C(=O)O. The van der Waals surface area contributed by atoms with E-state index in [4.69, 9.17) is 0 Å². The van der Waals surface area contributed by atoms with E-state index in [0.717, 1.165) is 29.2 Å². The summed E-state index contributed by atoms with van der Waals surface area (Å²) in [5.41, 5.74) is -0.560. The van der Waals surface area contributed by atoms with Crippen molar-refractivity contribution in [3.63, 3.8) is 0 Å². The normalized spacial score (nSPS) is 15.5. The molecule has 1 aliphatic rings. The number of hydrogen-bond donors (Lipinski definition) is 2. The van der Waals surface area contributed by atoms with Crippen molar-refractivity contribution >= 4 is 23.4 Å². The van der Waals surface area contributed by atoms with Crippen molar-refractivity contribution in [1.29, 1.82) is 0 Å². The first-order chi connectivity index (χ1) is 12.3. The molecule has 3 rings (SSSR count). The maximum absolute atomic E-state index is 13.7. The number of nitro groups is 1. The highest BCUT2D eigenvalue weighted by Gasteiger charge is 2.40. The molecule has 0 saturated heterocycles. The fourth-order valence-corrected chi connectivity index (χ4v) is 2.81. The number of nitrogens with one attached hydrogen (secondary N) is 1. The smallest absolute Gasteiger partial charge is 0.408 e. The van der Waals surface area contributed by atoms with Gasteiger partial charge >= 0.3 is 6.09 Å². The second kappa shape index (κ2) is 6.39. The van der Waals surface area contributed by atoms with Crippen molar-refractivity contribution in [3.05, 3.63) is 69.3 Å². The van der Waals surface area contributed by atoms with Crippen molar-refractivity contribution < 1.29 is 28.4 Å². The molecule has 0 spiro atoms. The molecular formula is C16H11F2N3O5. The van der Waals surface area contributed by atoms with Gasteiger partial charge in [0.2, 0.25) is 0 Å². The first kappa shape index (κ1) is 17.3. The van der Waals surface area contributed by atoms with Crippen molar-refractivity contribution in [2.24, 2.45) is 0 Å². The molecule has 0 aliphatic carbocycles. The lowest BCUT2D eigenvalue weighted by Crippen LogP contribution is -2.36. The number of benzene rings is 2. The summed E-state index contributed by atoms with van der Waals surface area (Å²) in [6.45, 7) is -0.180. The van der Waals surface area contributed by atoms with Crippen molar-refractivity contribution in [1.82, 2.24) is 4.90 Å². The van der Waals surface area contributed by atoms with Crippen LogP contribution in [0, 0.1) is 21.7 Å². The average Bonchev–Trinajstić information content (AvgIpc) is 2.97. The first-order valence-corrected chi connectivity index (χ1v) is 7.31. The van der Waals surface area contributed by atoms with Gasteiger partial charge in [0.15, 0.2) is 0 Å². The fourth-order valence-electron chi connectivity index (χ4n) is 2.81. The second-order valence-electron chi connectivity index (χ2n) is 5.54. The molecule has 8 nitrogen and oxygen atoms in total. The quantitative estimate of drug-likeness (QED) is 0.643. The minimum atomic E-state index is -1.47. The highest BCUT2D eigenvalue weighted by atomic mass is 19.1. The molecule has 1 unspecified atom stereocenters. The number of para-hydroxylation sites is 1. The molecule has 134 valence electrons. The van der Waals surface area contributed by atoms with Crippen LogP contribution in [0.4, 0.5) is 25.0 Å². The minimum absolute atomic E-state index is 0.0934. The molecule has 2 aromatic carbocycles. The molecular weight excluding hydrogens is 352 g/mol. The summed E-state index contributed by atoms with van der Waals surface area (Å²) >= 11 is 0.